The Morgan fingerprint density at radius 1 is 1.44 bits per heavy atom. The molecule has 0 fully saturated rings. The molecule has 0 unspecified atom stereocenters. The summed E-state index contributed by atoms with van der Waals surface area (Å²) in [5.41, 5.74) is -0.428. The average Bonchev–Trinajstić information content (AvgIpc) is 2.17. The number of rotatable bonds is 3. The van der Waals surface area contributed by atoms with Crippen molar-refractivity contribution in [3.63, 3.8) is 0 Å². The van der Waals surface area contributed by atoms with E-state index >= 15 is 0 Å². The molecule has 0 aliphatic rings. The third kappa shape index (κ3) is 2.82. The van der Waals surface area contributed by atoms with Crippen LogP contribution < -0.4 is 0 Å². The van der Waals surface area contributed by atoms with Crippen molar-refractivity contribution in [3.8, 4) is 0 Å². The average molecular weight is 231 g/mol. The van der Waals surface area contributed by atoms with Gasteiger partial charge in [0.25, 0.3) is 0 Å². The molecule has 0 saturated heterocycles. The molecule has 88 valence electrons. The van der Waals surface area contributed by atoms with Crippen LogP contribution in [0.1, 0.15) is 24.1 Å². The van der Waals surface area contributed by atoms with Gasteiger partial charge in [-0.1, -0.05) is 12.1 Å². The van der Waals surface area contributed by atoms with Crippen molar-refractivity contribution in [2.75, 3.05) is 0 Å². The van der Waals surface area contributed by atoms with Crippen LogP contribution in [0.4, 0.5) is 13.2 Å². The van der Waals surface area contributed by atoms with E-state index in [0.717, 1.165) is 12.3 Å². The van der Waals surface area contributed by atoms with Gasteiger partial charge in [0, 0.05) is 12.1 Å². The van der Waals surface area contributed by atoms with Crippen LogP contribution in [0.25, 0.3) is 0 Å². The van der Waals surface area contributed by atoms with Crippen LogP contribution in [-0.2, 0) is 6.18 Å². The first-order valence-corrected chi connectivity index (χ1v) is 4.70. The number of hydrogen-bond acceptors (Lipinski definition) is 2. The van der Waals surface area contributed by atoms with Gasteiger partial charge in [-0.15, -0.1) is 6.58 Å². The molecule has 0 bridgehead atoms. The predicted octanol–water partition coefficient (Wildman–Crippen LogP) is 2.75. The van der Waals surface area contributed by atoms with E-state index < -0.39 is 23.9 Å². The Morgan fingerprint density at radius 2 is 2.06 bits per heavy atom. The first-order valence-electron chi connectivity index (χ1n) is 4.70. The van der Waals surface area contributed by atoms with E-state index in [-0.39, 0.29) is 0 Å². The van der Waals surface area contributed by atoms with E-state index in [1.807, 2.05) is 0 Å². The second kappa shape index (κ2) is 4.65. The molecule has 1 aromatic heterocycles. The van der Waals surface area contributed by atoms with E-state index in [9.17, 15) is 18.3 Å². The van der Waals surface area contributed by atoms with Crippen LogP contribution in [-0.4, -0.2) is 16.2 Å². The smallest absolute Gasteiger partial charge is 0.392 e. The van der Waals surface area contributed by atoms with Crippen molar-refractivity contribution in [2.45, 2.75) is 25.1 Å². The maximum Gasteiger partial charge on any atom is 0.433 e. The first-order chi connectivity index (χ1) is 7.36. The summed E-state index contributed by atoms with van der Waals surface area (Å²) in [5.74, 6) is -0.408. The summed E-state index contributed by atoms with van der Waals surface area (Å²) >= 11 is 0. The van der Waals surface area contributed by atoms with Crippen LogP contribution >= 0.6 is 0 Å². The van der Waals surface area contributed by atoms with E-state index in [2.05, 4.69) is 11.6 Å². The molecule has 0 amide bonds. The van der Waals surface area contributed by atoms with E-state index in [1.165, 1.54) is 12.1 Å². The predicted molar refractivity (Wildman–Crippen MR) is 53.9 cm³/mol. The van der Waals surface area contributed by atoms with Gasteiger partial charge in [-0.05, 0) is 18.6 Å². The summed E-state index contributed by atoms with van der Waals surface area (Å²) in [5, 5.41) is 9.37. The zero-order chi connectivity index (χ0) is 12.3. The molecule has 2 nitrogen and oxygen atoms in total. The zero-order valence-electron chi connectivity index (χ0n) is 8.70. The number of hydrogen-bond donors (Lipinski definition) is 1. The lowest BCUT2D eigenvalue weighted by atomic mass is 9.96. The number of aliphatic hydroxyl groups is 1. The molecule has 0 radical (unpaired) electrons. The number of alkyl halides is 3. The van der Waals surface area contributed by atoms with Gasteiger partial charge in [0.2, 0.25) is 0 Å². The molecule has 5 heteroatoms. The van der Waals surface area contributed by atoms with Gasteiger partial charge < -0.3 is 5.11 Å². The molecule has 16 heavy (non-hydrogen) atoms. The molecule has 0 spiro atoms. The third-order valence-corrected chi connectivity index (χ3v) is 2.24. The second-order valence-electron chi connectivity index (χ2n) is 3.48. The van der Waals surface area contributed by atoms with Crippen LogP contribution in [0, 0.1) is 0 Å². The van der Waals surface area contributed by atoms with Crippen molar-refractivity contribution < 1.29 is 18.3 Å². The van der Waals surface area contributed by atoms with Crippen molar-refractivity contribution in [3.05, 3.63) is 42.2 Å². The molecule has 0 aliphatic carbocycles. The summed E-state index contributed by atoms with van der Waals surface area (Å²) < 4.78 is 36.7. The van der Waals surface area contributed by atoms with Crippen LogP contribution in [0.2, 0.25) is 0 Å². The highest BCUT2D eigenvalue weighted by molar-refractivity contribution is 5.24. The summed E-state index contributed by atoms with van der Waals surface area (Å²) in [7, 11) is 0. The molecule has 0 saturated carbocycles. The fraction of sp³-hybridized carbons (Fsp3) is 0.364. The topological polar surface area (TPSA) is 33.1 Å². The Labute approximate surface area is 91.4 Å². The van der Waals surface area contributed by atoms with Crippen LogP contribution in [0.15, 0.2) is 31.0 Å². The standard InChI is InChI=1S/C11H12F3NO/c1-3-9(7(2)16)8-4-5-10(15-6-8)11(12,13)14/h3-7,9,16H,1H2,2H3/t7-,9+/m1/s1. The maximum absolute atomic E-state index is 12.2. The maximum atomic E-state index is 12.2. The monoisotopic (exact) mass is 231 g/mol. The highest BCUT2D eigenvalue weighted by Crippen LogP contribution is 2.28. The molecular weight excluding hydrogens is 219 g/mol. The van der Waals surface area contributed by atoms with Crippen molar-refractivity contribution >= 4 is 0 Å². The van der Waals surface area contributed by atoms with E-state index in [1.54, 1.807) is 6.92 Å². The van der Waals surface area contributed by atoms with Gasteiger partial charge in [0.05, 0.1) is 6.10 Å². The van der Waals surface area contributed by atoms with Gasteiger partial charge in [-0.25, -0.2) is 0 Å². The largest absolute Gasteiger partial charge is 0.433 e. The molecule has 1 rings (SSSR count). The van der Waals surface area contributed by atoms with Gasteiger partial charge in [-0.2, -0.15) is 13.2 Å². The minimum Gasteiger partial charge on any atom is -0.392 e. The highest BCUT2D eigenvalue weighted by Gasteiger charge is 2.32. The van der Waals surface area contributed by atoms with Crippen molar-refractivity contribution in [1.29, 1.82) is 0 Å². The van der Waals surface area contributed by atoms with Gasteiger partial charge in [0.1, 0.15) is 5.69 Å². The number of aliphatic hydroxyl groups excluding tert-OH is 1. The normalized spacial score (nSPS) is 15.6. The second-order valence-corrected chi connectivity index (χ2v) is 3.48. The first kappa shape index (κ1) is 12.7. The lowest BCUT2D eigenvalue weighted by Crippen LogP contribution is -2.14. The van der Waals surface area contributed by atoms with Gasteiger partial charge >= 0.3 is 6.18 Å². The fourth-order valence-corrected chi connectivity index (χ4v) is 1.38. The van der Waals surface area contributed by atoms with Gasteiger partial charge in [-0.3, -0.25) is 4.98 Å². The summed E-state index contributed by atoms with van der Waals surface area (Å²) in [6.45, 7) is 5.07. The number of aromatic nitrogens is 1. The quantitative estimate of drug-likeness (QED) is 0.811. The Hall–Kier alpha value is -1.36. The van der Waals surface area contributed by atoms with Crippen LogP contribution in [0.3, 0.4) is 0 Å². The molecule has 2 atom stereocenters. The number of pyridine rings is 1. The summed E-state index contributed by atoms with van der Waals surface area (Å²) in [4.78, 5) is 3.32. The lowest BCUT2D eigenvalue weighted by Gasteiger charge is -2.16. The molecule has 1 aromatic rings. The minimum atomic E-state index is -4.44. The highest BCUT2D eigenvalue weighted by atomic mass is 19.4. The Morgan fingerprint density at radius 3 is 2.38 bits per heavy atom. The molecule has 1 heterocycles. The SMILES string of the molecule is C=C[C@H](c1ccc(C(F)(F)F)nc1)[C@@H](C)O. The Balaban J connectivity index is 2.98. The number of nitrogens with zero attached hydrogens (tertiary/aromatic N) is 1. The summed E-state index contributed by atoms with van der Waals surface area (Å²) in [6, 6.07) is 2.20. The lowest BCUT2D eigenvalue weighted by molar-refractivity contribution is -0.141. The van der Waals surface area contributed by atoms with E-state index in [4.69, 9.17) is 0 Å². The summed E-state index contributed by atoms with van der Waals surface area (Å²) in [6.07, 6.45) is -2.56. The fourth-order valence-electron chi connectivity index (χ4n) is 1.38. The Bertz CT molecular complexity index is 356. The van der Waals surface area contributed by atoms with E-state index in [0.29, 0.717) is 5.56 Å². The minimum absolute atomic E-state index is 0.408. The molecule has 0 aromatic carbocycles. The molecule has 1 N–H and O–H groups in total. The van der Waals surface area contributed by atoms with Crippen molar-refractivity contribution in [2.24, 2.45) is 0 Å². The van der Waals surface area contributed by atoms with Crippen LogP contribution in [0.5, 0.6) is 0 Å². The molecule has 0 aliphatic heterocycles. The third-order valence-electron chi connectivity index (χ3n) is 2.24. The number of halogens is 3. The molecular formula is C11H12F3NO. The Kier molecular flexibility index (Phi) is 3.70. The van der Waals surface area contributed by atoms with Gasteiger partial charge in [0.15, 0.2) is 0 Å². The zero-order valence-corrected chi connectivity index (χ0v) is 8.70. The van der Waals surface area contributed by atoms with Crippen molar-refractivity contribution in [1.82, 2.24) is 4.98 Å².